The first kappa shape index (κ1) is 6.35. The molecule has 0 fully saturated rings. The lowest BCUT2D eigenvalue weighted by molar-refractivity contribution is 0.847. The molecule has 0 aromatic heterocycles. The van der Waals surface area contributed by atoms with Crippen LogP contribution >= 0.6 is 32.3 Å². The monoisotopic (exact) mass is 245 g/mol. The van der Waals surface area contributed by atoms with Crippen LogP contribution in [0, 0.1) is 0 Å². The summed E-state index contributed by atoms with van der Waals surface area (Å²) in [6.07, 6.45) is 1.54. The van der Waals surface area contributed by atoms with E-state index in [0.717, 1.165) is 0 Å². The Labute approximate surface area is 61.0 Å². The highest BCUT2D eigenvalue weighted by molar-refractivity contribution is 14.2. The van der Waals surface area contributed by atoms with E-state index in [2.05, 4.69) is 4.99 Å². The number of hydrogen-bond acceptors (Lipinski definition) is 1. The summed E-state index contributed by atoms with van der Waals surface area (Å²) >= 11 is 4.70. The van der Waals surface area contributed by atoms with Crippen molar-refractivity contribution in [1.82, 2.24) is 0 Å². The van der Waals surface area contributed by atoms with Crippen LogP contribution in [0.15, 0.2) is 15.3 Å². The topological polar surface area (TPSA) is 12.4 Å². The van der Waals surface area contributed by atoms with Crippen molar-refractivity contribution < 1.29 is 4.39 Å². The highest BCUT2D eigenvalue weighted by Gasteiger charge is 2.02. The van der Waals surface area contributed by atoms with Gasteiger partial charge in [-0.15, -0.1) is 0 Å². The molecular formula is C4H2ClFIN. The van der Waals surface area contributed by atoms with Crippen molar-refractivity contribution in [2.75, 3.05) is 0 Å². The summed E-state index contributed by atoms with van der Waals surface area (Å²) in [4.78, 5) is 3.53. The second-order valence-electron chi connectivity index (χ2n) is 1.06. The number of nitrogens with zero attached hydrogens (tertiary/aromatic N) is 1. The molecule has 1 aliphatic heterocycles. The molecule has 0 saturated carbocycles. The van der Waals surface area contributed by atoms with Gasteiger partial charge in [0.05, 0.1) is 0 Å². The van der Waals surface area contributed by atoms with Crippen LogP contribution in [-0.2, 0) is 0 Å². The van der Waals surface area contributed by atoms with Gasteiger partial charge in [-0.2, -0.15) is 4.39 Å². The molecule has 1 aliphatic rings. The predicted octanol–water partition coefficient (Wildman–Crippen LogP) is 2.18. The number of hydrogen-bond donors (Lipinski definition) is 0. The van der Waals surface area contributed by atoms with Crippen LogP contribution in [0.5, 0.6) is 0 Å². The summed E-state index contributed by atoms with van der Waals surface area (Å²) in [5.74, 6) is 0. The van der Waals surface area contributed by atoms with Crippen LogP contribution < -0.4 is 0 Å². The van der Waals surface area contributed by atoms with Crippen molar-refractivity contribution in [3.05, 3.63) is 10.3 Å². The third-order valence-corrected chi connectivity index (χ3v) is 2.88. The first-order valence-electron chi connectivity index (χ1n) is 1.85. The zero-order valence-corrected chi connectivity index (χ0v) is 6.65. The van der Waals surface area contributed by atoms with Gasteiger partial charge in [0.2, 0.25) is 0 Å². The van der Waals surface area contributed by atoms with E-state index in [1.807, 2.05) is 0 Å². The van der Waals surface area contributed by atoms with Gasteiger partial charge in [-0.1, -0.05) is 11.6 Å². The van der Waals surface area contributed by atoms with Crippen molar-refractivity contribution in [1.29, 1.82) is 0 Å². The minimum absolute atomic E-state index is 0.0281. The molecule has 0 N–H and O–H groups in total. The van der Waals surface area contributed by atoms with E-state index in [-0.39, 0.29) is 8.93 Å². The summed E-state index contributed by atoms with van der Waals surface area (Å²) in [7, 11) is 0. The number of halogens is 3. The highest BCUT2D eigenvalue weighted by Crippen LogP contribution is 2.12. The molecule has 0 aliphatic carbocycles. The Kier molecular flexibility index (Phi) is 2.13. The first-order chi connectivity index (χ1) is 3.80. The fourth-order valence-electron chi connectivity index (χ4n) is 0.271. The van der Waals surface area contributed by atoms with Gasteiger partial charge < -0.3 is 0 Å². The molecule has 44 valence electrons. The van der Waals surface area contributed by atoms with E-state index >= 15 is 0 Å². The Bertz CT molecular complexity index is 164. The number of aliphatic imine (C=N–C) groups is 1. The van der Waals surface area contributed by atoms with Gasteiger partial charge in [0, 0.05) is 6.20 Å². The molecule has 0 aromatic rings. The van der Waals surface area contributed by atoms with Crippen LogP contribution in [0.1, 0.15) is 0 Å². The third kappa shape index (κ3) is 1.35. The van der Waals surface area contributed by atoms with E-state index in [0.29, 0.717) is 0 Å². The summed E-state index contributed by atoms with van der Waals surface area (Å²) in [6.45, 7) is 0. The Morgan fingerprint density at radius 1 is 1.75 bits per heavy atom. The lowest BCUT2D eigenvalue weighted by Crippen LogP contribution is -1.96. The Hall–Kier alpha value is 0.230. The Balaban J connectivity index is 2.93. The smallest absolute Gasteiger partial charge is 0.192 e. The van der Waals surface area contributed by atoms with Crippen molar-refractivity contribution >= 4 is 41.3 Å². The molecule has 0 spiro atoms. The molecule has 8 heavy (non-hydrogen) atoms. The van der Waals surface area contributed by atoms with Crippen molar-refractivity contribution in [2.45, 2.75) is 0 Å². The van der Waals surface area contributed by atoms with Crippen LogP contribution in [0.25, 0.3) is 0 Å². The van der Waals surface area contributed by atoms with Gasteiger partial charge in [0.1, 0.15) is 0 Å². The average Bonchev–Trinajstić information content (AvgIpc) is 1.77. The maximum absolute atomic E-state index is 12.2. The molecule has 0 amide bonds. The lowest BCUT2D eigenvalue weighted by Gasteiger charge is -1.91. The second kappa shape index (κ2) is 2.68. The molecule has 1 nitrogen and oxygen atoms in total. The minimum Gasteiger partial charge on any atom is -0.241 e. The van der Waals surface area contributed by atoms with Crippen molar-refractivity contribution in [3.8, 4) is 0 Å². The quantitative estimate of drug-likeness (QED) is 0.580. The summed E-state index contributed by atoms with van der Waals surface area (Å²) in [5, 5.41) is 0.0281. The SMILES string of the molecule is FC1=IC=CN=C1Cl. The normalized spacial score (nSPS) is 18.8. The summed E-state index contributed by atoms with van der Waals surface area (Å²) < 4.78 is 13.7. The van der Waals surface area contributed by atoms with E-state index in [1.165, 1.54) is 0 Å². The van der Waals surface area contributed by atoms with E-state index in [1.54, 1.807) is 10.3 Å². The molecule has 1 rings (SSSR count). The molecule has 0 atom stereocenters. The highest BCUT2D eigenvalue weighted by atomic mass is 127. The van der Waals surface area contributed by atoms with E-state index in [4.69, 9.17) is 11.6 Å². The average molecular weight is 245 g/mol. The van der Waals surface area contributed by atoms with E-state index < -0.39 is 20.7 Å². The van der Waals surface area contributed by atoms with Gasteiger partial charge in [0.25, 0.3) is 0 Å². The summed E-state index contributed by atoms with van der Waals surface area (Å²) in [5.41, 5.74) is 0. The fraction of sp³-hybridized carbons (Fsp3) is 0. The van der Waals surface area contributed by atoms with Gasteiger partial charge >= 0.3 is 0 Å². The van der Waals surface area contributed by atoms with E-state index in [9.17, 15) is 4.39 Å². The number of rotatable bonds is 0. The second-order valence-corrected chi connectivity index (χ2v) is 3.71. The van der Waals surface area contributed by atoms with Crippen molar-refractivity contribution in [2.24, 2.45) is 4.99 Å². The van der Waals surface area contributed by atoms with Crippen LogP contribution in [0.2, 0.25) is 0 Å². The molecule has 4 heteroatoms. The van der Waals surface area contributed by atoms with Gasteiger partial charge in [-0.3, -0.25) is 0 Å². The van der Waals surface area contributed by atoms with Gasteiger partial charge in [-0.25, -0.2) is 4.99 Å². The molecule has 0 aromatic carbocycles. The predicted molar refractivity (Wildman–Crippen MR) is 42.6 cm³/mol. The maximum Gasteiger partial charge on any atom is 0.192 e. The van der Waals surface area contributed by atoms with Crippen LogP contribution in [0.4, 0.5) is 4.39 Å². The molecule has 0 bridgehead atoms. The molecule has 0 unspecified atom stereocenters. The largest absolute Gasteiger partial charge is 0.241 e. The molecular weight excluding hydrogens is 243 g/mol. The molecule has 1 heterocycles. The molecule has 0 saturated heterocycles. The zero-order chi connectivity index (χ0) is 5.98. The van der Waals surface area contributed by atoms with Crippen LogP contribution in [-0.4, -0.2) is 8.93 Å². The van der Waals surface area contributed by atoms with Gasteiger partial charge in [0.15, 0.2) is 8.93 Å². The fourth-order valence-corrected chi connectivity index (χ4v) is 1.64. The molecule has 0 radical (unpaired) electrons. The Morgan fingerprint density at radius 2 is 2.50 bits per heavy atom. The third-order valence-electron chi connectivity index (χ3n) is 0.559. The van der Waals surface area contributed by atoms with Gasteiger partial charge in [-0.05, 0) is 24.8 Å². The minimum atomic E-state index is -0.582. The Morgan fingerprint density at radius 3 is 2.88 bits per heavy atom. The zero-order valence-electron chi connectivity index (χ0n) is 3.74. The standard InChI is InChI=1S/C4H2ClFIN/c5-3-4(6)7-1-2-8-3/h1-2H. The first-order valence-corrected chi connectivity index (χ1v) is 4.55. The summed E-state index contributed by atoms with van der Waals surface area (Å²) in [6, 6.07) is 0. The van der Waals surface area contributed by atoms with Crippen molar-refractivity contribution in [3.63, 3.8) is 0 Å². The maximum atomic E-state index is 12.2. The lowest BCUT2D eigenvalue weighted by atomic mass is 10.8. The van der Waals surface area contributed by atoms with Crippen LogP contribution in [0.3, 0.4) is 0 Å².